The highest BCUT2D eigenvalue weighted by Crippen LogP contribution is 2.70. The summed E-state index contributed by atoms with van der Waals surface area (Å²) in [5.74, 6) is 3.50. The van der Waals surface area contributed by atoms with Gasteiger partial charge in [0.15, 0.2) is 10.8 Å². The number of hydrogen-bond acceptors (Lipinski definition) is 19. The summed E-state index contributed by atoms with van der Waals surface area (Å²) in [6.07, 6.45) is 20.0. The van der Waals surface area contributed by atoms with Gasteiger partial charge in [0.25, 0.3) is 0 Å². The van der Waals surface area contributed by atoms with Gasteiger partial charge in [-0.05, 0) is 370 Å². The molecule has 0 aliphatic heterocycles. The Morgan fingerprint density at radius 2 is 0.759 bits per heavy atom. The van der Waals surface area contributed by atoms with E-state index in [9.17, 15) is 48.4 Å². The Kier molecular flexibility index (Phi) is 25.4. The van der Waals surface area contributed by atoms with Crippen LogP contribution in [0.4, 0.5) is 0 Å². The first-order valence-corrected chi connectivity index (χ1v) is 42.1. The van der Waals surface area contributed by atoms with Crippen molar-refractivity contribution >= 4 is 53.7 Å². The third kappa shape index (κ3) is 18.3. The molecule has 12 saturated carbocycles. The van der Waals surface area contributed by atoms with Gasteiger partial charge < -0.3 is 42.6 Å². The lowest BCUT2D eigenvalue weighted by Gasteiger charge is -2.41. The van der Waals surface area contributed by atoms with E-state index in [1.54, 1.807) is 62.3 Å². The van der Waals surface area contributed by atoms with Crippen molar-refractivity contribution in [3.8, 4) is 6.07 Å². The Labute approximate surface area is 648 Å². The summed E-state index contributed by atoms with van der Waals surface area (Å²) in [4.78, 5) is 115. The van der Waals surface area contributed by atoms with E-state index in [2.05, 4.69) is 13.0 Å². The van der Waals surface area contributed by atoms with Crippen LogP contribution in [0.15, 0.2) is 0 Å². The van der Waals surface area contributed by atoms with E-state index in [-0.39, 0.29) is 101 Å². The van der Waals surface area contributed by atoms with E-state index in [0.29, 0.717) is 104 Å². The molecule has 0 spiro atoms. The number of ether oxygens (including phenoxy) is 9. The second-order valence-corrected chi connectivity index (χ2v) is 42.4. The van der Waals surface area contributed by atoms with Crippen LogP contribution >= 0.6 is 0 Å². The molecule has 610 valence electrons. The van der Waals surface area contributed by atoms with Crippen LogP contribution in [0.2, 0.25) is 0 Å². The number of fused-ring (bicyclic) bond motifs is 18. The molecule has 21 atom stereocenters. The van der Waals surface area contributed by atoms with Gasteiger partial charge in [0.1, 0.15) is 52.4 Å². The molecule has 0 aromatic rings. The minimum atomic E-state index is -1.32. The van der Waals surface area contributed by atoms with E-state index in [4.69, 9.17) is 42.6 Å². The zero-order valence-corrected chi connectivity index (χ0v) is 71.1. The molecule has 12 aliphatic rings. The fourth-order valence-electron chi connectivity index (χ4n) is 21.3. The molecule has 19 nitrogen and oxygen atoms in total. The summed E-state index contributed by atoms with van der Waals surface area (Å²) in [6.45, 7) is 47.5. The normalized spacial score (nSPS) is 34.9. The van der Waals surface area contributed by atoms with Gasteiger partial charge in [0, 0.05) is 0 Å². The standard InChI is InChI=1S/C24H38O4.C23H38O6.C23H36O4.C19H29NO4/c1-5-23(2,3)22(26)27-19-14-15-13-18(19)16-9-10-17(20(15)16)21(25)28-24(4)11-7-6-8-12-24;1-10-22(8,9)17(24)27-16-12-15-11-14(16)13-23(15,18(25)28-20(2,3)4)19(26)29-21(5,6)7;1-7-23(5,6)21(25)26-17-11-13-10-16(17)19-12-8-14(18(13)19)15(9-12)20(24)27-22(2,3)4;1-7-18(5,6)15(21)23-14-9-13-8-12(14)10-19(13,11-20)16(22)24-17(2,3)4/h15-20H,5-14H2,1-4H3;14-16H,10-13H2,1-9H3;12-19H,7-11H2,1-6H3;12-14H,7-10H2,1-6H3. The first kappa shape index (κ1) is 86.7. The van der Waals surface area contributed by atoms with Crippen LogP contribution < -0.4 is 0 Å². The fourth-order valence-corrected chi connectivity index (χ4v) is 21.3. The number of carbonyl (C=O) groups is 9. The summed E-state index contributed by atoms with van der Waals surface area (Å²) in [5, 5.41) is 9.68. The summed E-state index contributed by atoms with van der Waals surface area (Å²) < 4.78 is 52.2. The second-order valence-electron chi connectivity index (χ2n) is 42.4. The van der Waals surface area contributed by atoms with Crippen LogP contribution in [-0.4, -0.2) is 106 Å². The molecule has 108 heavy (non-hydrogen) atoms. The van der Waals surface area contributed by atoms with Gasteiger partial charge in [0.05, 0.1) is 39.6 Å². The van der Waals surface area contributed by atoms with Gasteiger partial charge in [-0.1, -0.05) is 34.1 Å². The number of carbonyl (C=O) groups excluding carboxylic acids is 9. The second kappa shape index (κ2) is 31.6. The van der Waals surface area contributed by atoms with Crippen LogP contribution in [0.25, 0.3) is 0 Å². The smallest absolute Gasteiger partial charge is 0.327 e. The fraction of sp³-hybridized carbons (Fsp3) is 0.888. The molecule has 12 aliphatic carbocycles. The van der Waals surface area contributed by atoms with Crippen molar-refractivity contribution in [1.29, 1.82) is 5.26 Å². The van der Waals surface area contributed by atoms with Gasteiger partial charge in [-0.15, -0.1) is 0 Å². The van der Waals surface area contributed by atoms with Crippen LogP contribution in [0.5, 0.6) is 0 Å². The lowest BCUT2D eigenvalue weighted by Crippen LogP contribution is -2.51. The third-order valence-electron chi connectivity index (χ3n) is 28.6. The zero-order chi connectivity index (χ0) is 80.6. The maximum absolute atomic E-state index is 13.2. The van der Waals surface area contributed by atoms with E-state index in [0.717, 1.165) is 70.6 Å². The van der Waals surface area contributed by atoms with Crippen molar-refractivity contribution in [2.45, 2.75) is 373 Å². The summed E-state index contributed by atoms with van der Waals surface area (Å²) in [5.41, 5.74) is -6.91. The molecule has 0 N–H and O–H groups in total. The average Bonchev–Trinajstić information content (AvgIpc) is 1.55. The molecular formula is C89H141NO18. The number of esters is 9. The van der Waals surface area contributed by atoms with Crippen LogP contribution in [-0.2, 0) is 85.8 Å². The SMILES string of the molecule is CCC(C)(C)C(=O)OC1CC2CC1C1C3CC(C(=O)OC(C)(C)C)C(C3)C21.CCC(C)(C)C(=O)OC1CC2CC1C1CCC(C(=O)OC3(C)CCCCC3)C21.CCC(C)(C)C(=O)OC1CC2CC1CC2(C#N)C(=O)OC(C)(C)C.CCC(C)(C)C(=O)OC1CC2CC1CC2(C(=O)OC(C)(C)C)C(=O)OC(C)(C)C. The number of nitriles is 1. The molecule has 19 heteroatoms. The summed E-state index contributed by atoms with van der Waals surface area (Å²) >= 11 is 0. The Morgan fingerprint density at radius 1 is 0.370 bits per heavy atom. The predicted molar refractivity (Wildman–Crippen MR) is 408 cm³/mol. The summed E-state index contributed by atoms with van der Waals surface area (Å²) in [6, 6.07) is 2.23. The first-order valence-electron chi connectivity index (χ1n) is 42.1. The van der Waals surface area contributed by atoms with Crippen LogP contribution in [0.3, 0.4) is 0 Å². The van der Waals surface area contributed by atoms with E-state index in [1.807, 2.05) is 104 Å². The molecule has 12 rings (SSSR count). The molecule has 0 aromatic carbocycles. The van der Waals surface area contributed by atoms with Crippen molar-refractivity contribution in [2.75, 3.05) is 0 Å². The van der Waals surface area contributed by atoms with Gasteiger partial charge in [-0.3, -0.25) is 43.2 Å². The minimum absolute atomic E-state index is 0.0175. The highest BCUT2D eigenvalue weighted by atomic mass is 16.6. The monoisotopic (exact) mass is 1510 g/mol. The predicted octanol–water partition coefficient (Wildman–Crippen LogP) is 17.9. The van der Waals surface area contributed by atoms with Crippen molar-refractivity contribution in [1.82, 2.24) is 0 Å². The van der Waals surface area contributed by atoms with E-state index < -0.39 is 72.8 Å². The molecular weight excluding hydrogens is 1370 g/mol. The van der Waals surface area contributed by atoms with Gasteiger partial charge >= 0.3 is 53.7 Å². The molecule has 0 heterocycles. The van der Waals surface area contributed by atoms with E-state index in [1.165, 1.54) is 32.1 Å². The molecule has 0 saturated heterocycles. The maximum atomic E-state index is 13.2. The van der Waals surface area contributed by atoms with Gasteiger partial charge in [-0.25, -0.2) is 0 Å². The largest absolute Gasteiger partial charge is 0.462 e. The quantitative estimate of drug-likeness (QED) is 0.0534. The Bertz CT molecular complexity index is 3330. The van der Waals surface area contributed by atoms with Crippen molar-refractivity contribution in [3.63, 3.8) is 0 Å². The Hall–Kier alpha value is -5.28. The maximum Gasteiger partial charge on any atom is 0.327 e. The zero-order valence-electron chi connectivity index (χ0n) is 71.1. The molecule has 21 unspecified atom stereocenters. The van der Waals surface area contributed by atoms with Gasteiger partial charge in [-0.2, -0.15) is 5.26 Å². The van der Waals surface area contributed by atoms with Crippen molar-refractivity contribution in [3.05, 3.63) is 0 Å². The van der Waals surface area contributed by atoms with Crippen molar-refractivity contribution in [2.24, 2.45) is 127 Å². The molecule has 0 amide bonds. The minimum Gasteiger partial charge on any atom is -0.462 e. The Morgan fingerprint density at radius 3 is 1.19 bits per heavy atom. The van der Waals surface area contributed by atoms with Crippen molar-refractivity contribution < 1.29 is 85.8 Å². The number of hydrogen-bond donors (Lipinski definition) is 0. The lowest BCUT2D eigenvalue weighted by atomic mass is 9.66. The molecule has 12 fully saturated rings. The number of nitrogens with zero attached hydrogens (tertiary/aromatic N) is 1. The van der Waals surface area contributed by atoms with Crippen LogP contribution in [0, 0.1) is 139 Å². The Balaban J connectivity index is 0.000000166. The highest BCUT2D eigenvalue weighted by molar-refractivity contribution is 6.01. The molecule has 10 bridgehead atoms. The number of rotatable bonds is 18. The molecule has 0 radical (unpaired) electrons. The average molecular weight is 1510 g/mol. The van der Waals surface area contributed by atoms with Gasteiger partial charge in [0.2, 0.25) is 0 Å². The molecule has 0 aromatic heterocycles. The third-order valence-corrected chi connectivity index (χ3v) is 28.6. The van der Waals surface area contributed by atoms with E-state index >= 15 is 0 Å². The topological polar surface area (TPSA) is 260 Å². The highest BCUT2D eigenvalue weighted by Gasteiger charge is 2.70. The first-order chi connectivity index (χ1) is 49.7. The van der Waals surface area contributed by atoms with Crippen LogP contribution in [0.1, 0.15) is 321 Å². The lowest BCUT2D eigenvalue weighted by molar-refractivity contribution is -0.192. The summed E-state index contributed by atoms with van der Waals surface area (Å²) in [7, 11) is 0.